The zero-order chi connectivity index (χ0) is 11.1. The minimum absolute atomic E-state index is 0.00211. The van der Waals surface area contributed by atoms with Crippen molar-refractivity contribution in [1.82, 2.24) is 0 Å². The van der Waals surface area contributed by atoms with E-state index < -0.39 is 0 Å². The van der Waals surface area contributed by atoms with E-state index in [2.05, 4.69) is 0 Å². The molecule has 0 bridgehead atoms. The maximum atomic E-state index is 10.1. The van der Waals surface area contributed by atoms with Gasteiger partial charge in [0.1, 0.15) is 5.75 Å². The van der Waals surface area contributed by atoms with Gasteiger partial charge in [-0.25, -0.2) is 0 Å². The van der Waals surface area contributed by atoms with Crippen LogP contribution in [0.1, 0.15) is 6.92 Å². The van der Waals surface area contributed by atoms with Crippen LogP contribution in [0.25, 0.3) is 0 Å². The fraction of sp³-hybridized carbons (Fsp3) is 0.400. The van der Waals surface area contributed by atoms with Crippen LogP contribution in [0.4, 0.5) is 0 Å². The summed E-state index contributed by atoms with van der Waals surface area (Å²) in [4.78, 5) is 10.8. The van der Waals surface area contributed by atoms with Crippen molar-refractivity contribution < 1.29 is 9.66 Å². The van der Waals surface area contributed by atoms with Crippen LogP contribution in [-0.4, -0.2) is 23.8 Å². The number of nitro groups is 1. The highest BCUT2D eigenvalue weighted by Gasteiger charge is 1.99. The normalized spacial score (nSPS) is 9.93. The van der Waals surface area contributed by atoms with Crippen molar-refractivity contribution in [3.63, 3.8) is 0 Å². The van der Waals surface area contributed by atoms with Gasteiger partial charge in [-0.05, 0) is 31.2 Å². The SMILES string of the molecule is CCOc1ccc(SCC[N+](=O)[O-])cc1. The van der Waals surface area contributed by atoms with E-state index in [4.69, 9.17) is 4.74 Å². The number of rotatable bonds is 6. The minimum Gasteiger partial charge on any atom is -0.494 e. The smallest absolute Gasteiger partial charge is 0.213 e. The fourth-order valence-corrected chi connectivity index (χ4v) is 1.84. The molecule has 82 valence electrons. The molecule has 0 aromatic heterocycles. The first-order valence-corrected chi connectivity index (χ1v) is 5.68. The third-order valence-corrected chi connectivity index (χ3v) is 2.67. The maximum Gasteiger partial charge on any atom is 0.213 e. The molecular weight excluding hydrogens is 214 g/mol. The van der Waals surface area contributed by atoms with Gasteiger partial charge in [0.2, 0.25) is 6.54 Å². The number of hydrogen-bond acceptors (Lipinski definition) is 4. The molecule has 0 saturated heterocycles. The lowest BCUT2D eigenvalue weighted by Crippen LogP contribution is -2.02. The zero-order valence-electron chi connectivity index (χ0n) is 8.51. The van der Waals surface area contributed by atoms with Gasteiger partial charge < -0.3 is 4.74 Å². The van der Waals surface area contributed by atoms with E-state index >= 15 is 0 Å². The molecule has 0 saturated carbocycles. The highest BCUT2D eigenvalue weighted by atomic mass is 32.2. The molecule has 0 fully saturated rings. The summed E-state index contributed by atoms with van der Waals surface area (Å²) in [5.41, 5.74) is 0. The quantitative estimate of drug-likeness (QED) is 0.425. The zero-order valence-corrected chi connectivity index (χ0v) is 9.33. The van der Waals surface area contributed by atoms with Crippen LogP contribution in [-0.2, 0) is 0 Å². The first-order valence-electron chi connectivity index (χ1n) is 4.70. The predicted molar refractivity (Wildman–Crippen MR) is 60.2 cm³/mol. The van der Waals surface area contributed by atoms with Gasteiger partial charge in [-0.1, -0.05) is 0 Å². The molecule has 0 amide bonds. The highest BCUT2D eigenvalue weighted by molar-refractivity contribution is 7.99. The second-order valence-corrected chi connectivity index (χ2v) is 3.98. The topological polar surface area (TPSA) is 52.4 Å². The Hall–Kier alpha value is -1.23. The van der Waals surface area contributed by atoms with Gasteiger partial charge in [-0.2, -0.15) is 0 Å². The average Bonchev–Trinajstić information content (AvgIpc) is 2.20. The van der Waals surface area contributed by atoms with E-state index in [1.165, 1.54) is 11.8 Å². The molecule has 0 atom stereocenters. The molecule has 15 heavy (non-hydrogen) atoms. The van der Waals surface area contributed by atoms with Crippen LogP contribution in [0.15, 0.2) is 29.2 Å². The molecule has 1 aromatic rings. The van der Waals surface area contributed by atoms with Gasteiger partial charge >= 0.3 is 0 Å². The van der Waals surface area contributed by atoms with E-state index in [1.54, 1.807) is 0 Å². The van der Waals surface area contributed by atoms with Crippen molar-refractivity contribution in [2.75, 3.05) is 18.9 Å². The van der Waals surface area contributed by atoms with Gasteiger partial charge in [-0.3, -0.25) is 10.1 Å². The number of nitrogens with zero attached hydrogens (tertiary/aromatic N) is 1. The molecule has 0 heterocycles. The Kier molecular flexibility index (Phi) is 4.97. The number of hydrogen-bond donors (Lipinski definition) is 0. The molecule has 4 nitrogen and oxygen atoms in total. The summed E-state index contributed by atoms with van der Waals surface area (Å²) in [6, 6.07) is 7.57. The first-order chi connectivity index (χ1) is 7.22. The lowest BCUT2D eigenvalue weighted by Gasteiger charge is -2.03. The van der Waals surface area contributed by atoms with E-state index in [0.717, 1.165) is 10.6 Å². The molecule has 0 N–H and O–H groups in total. The van der Waals surface area contributed by atoms with Crippen LogP contribution in [0.2, 0.25) is 0 Å². The molecule has 1 aromatic carbocycles. The van der Waals surface area contributed by atoms with Crippen molar-refractivity contribution >= 4 is 11.8 Å². The largest absolute Gasteiger partial charge is 0.494 e. The van der Waals surface area contributed by atoms with Crippen LogP contribution >= 0.6 is 11.8 Å². The Labute approximate surface area is 92.8 Å². The summed E-state index contributed by atoms with van der Waals surface area (Å²) >= 11 is 1.48. The first kappa shape index (κ1) is 11.8. The third kappa shape index (κ3) is 4.69. The van der Waals surface area contributed by atoms with Crippen LogP contribution in [0, 0.1) is 10.1 Å². The van der Waals surface area contributed by atoms with E-state index in [-0.39, 0.29) is 11.5 Å². The third-order valence-electron chi connectivity index (χ3n) is 1.68. The summed E-state index contributed by atoms with van der Waals surface area (Å²) < 4.78 is 5.29. The van der Waals surface area contributed by atoms with Gasteiger partial charge in [0.15, 0.2) is 0 Å². The van der Waals surface area contributed by atoms with Crippen LogP contribution < -0.4 is 4.74 Å². The Balaban J connectivity index is 2.39. The Morgan fingerprint density at radius 2 is 2.07 bits per heavy atom. The monoisotopic (exact) mass is 227 g/mol. The van der Waals surface area contributed by atoms with Crippen molar-refractivity contribution in [2.24, 2.45) is 0 Å². The molecule has 5 heteroatoms. The standard InChI is InChI=1S/C10H13NO3S/c1-2-14-9-3-5-10(6-4-9)15-8-7-11(12)13/h3-6H,2,7-8H2,1H3. The van der Waals surface area contributed by atoms with Gasteiger partial charge in [0.05, 0.1) is 12.4 Å². The van der Waals surface area contributed by atoms with Crippen molar-refractivity contribution in [3.8, 4) is 5.75 Å². The number of ether oxygens (including phenoxy) is 1. The van der Waals surface area contributed by atoms with Crippen molar-refractivity contribution in [1.29, 1.82) is 0 Å². The summed E-state index contributed by atoms with van der Waals surface area (Å²) in [6.45, 7) is 2.57. The summed E-state index contributed by atoms with van der Waals surface area (Å²) in [6.07, 6.45) is 0. The van der Waals surface area contributed by atoms with Gasteiger partial charge in [-0.15, -0.1) is 11.8 Å². The van der Waals surface area contributed by atoms with Gasteiger partial charge in [0.25, 0.3) is 0 Å². The average molecular weight is 227 g/mol. The van der Waals surface area contributed by atoms with Crippen LogP contribution in [0.3, 0.4) is 0 Å². The number of benzene rings is 1. The summed E-state index contributed by atoms with van der Waals surface area (Å²) in [5, 5.41) is 10.1. The summed E-state index contributed by atoms with van der Waals surface area (Å²) in [5.74, 6) is 1.33. The van der Waals surface area contributed by atoms with E-state index in [1.807, 2.05) is 31.2 Å². The fourth-order valence-electron chi connectivity index (χ4n) is 1.04. The lowest BCUT2D eigenvalue weighted by molar-refractivity contribution is -0.474. The van der Waals surface area contributed by atoms with Crippen LogP contribution in [0.5, 0.6) is 5.75 Å². The van der Waals surface area contributed by atoms with Crippen molar-refractivity contribution in [3.05, 3.63) is 34.4 Å². The second kappa shape index (κ2) is 6.29. The molecule has 0 spiro atoms. The molecule has 0 aliphatic heterocycles. The second-order valence-electron chi connectivity index (χ2n) is 2.81. The molecule has 0 aliphatic rings. The van der Waals surface area contributed by atoms with E-state index in [9.17, 15) is 10.1 Å². The predicted octanol–water partition coefficient (Wildman–Crippen LogP) is 2.45. The lowest BCUT2D eigenvalue weighted by atomic mass is 10.3. The summed E-state index contributed by atoms with van der Waals surface area (Å²) in [7, 11) is 0. The Morgan fingerprint density at radius 3 is 2.60 bits per heavy atom. The highest BCUT2D eigenvalue weighted by Crippen LogP contribution is 2.21. The van der Waals surface area contributed by atoms with E-state index in [0.29, 0.717) is 12.4 Å². The minimum atomic E-state index is -0.304. The van der Waals surface area contributed by atoms with Gasteiger partial charge in [0, 0.05) is 9.82 Å². The molecule has 1 rings (SSSR count). The number of thioether (sulfide) groups is 1. The Bertz CT molecular complexity index is 313. The molecule has 0 radical (unpaired) electrons. The Morgan fingerprint density at radius 1 is 1.40 bits per heavy atom. The molecule has 0 aliphatic carbocycles. The maximum absolute atomic E-state index is 10.1. The molecular formula is C10H13NO3S. The molecule has 0 unspecified atom stereocenters. The van der Waals surface area contributed by atoms with Crippen molar-refractivity contribution in [2.45, 2.75) is 11.8 Å².